The molecule has 0 bridgehead atoms. The fourth-order valence-corrected chi connectivity index (χ4v) is 5.87. The quantitative estimate of drug-likeness (QED) is 0.0606. The molecule has 3 aromatic rings. The van der Waals surface area contributed by atoms with Gasteiger partial charge in [-0.1, -0.05) is 108 Å². The third kappa shape index (κ3) is 8.17. The molecule has 0 aliphatic rings. The second kappa shape index (κ2) is 15.8. The van der Waals surface area contributed by atoms with Gasteiger partial charge in [-0.05, 0) is 46.2 Å². The van der Waals surface area contributed by atoms with E-state index in [-0.39, 0.29) is 13.2 Å². The summed E-state index contributed by atoms with van der Waals surface area (Å²) in [5, 5.41) is 0. The molecule has 0 aliphatic heterocycles. The summed E-state index contributed by atoms with van der Waals surface area (Å²) < 4.78 is 17.9. The van der Waals surface area contributed by atoms with Crippen molar-refractivity contribution in [2.24, 2.45) is 16.3 Å². The van der Waals surface area contributed by atoms with Crippen LogP contribution in [0.2, 0.25) is 0 Å². The second-order valence-electron chi connectivity index (χ2n) is 11.5. The molecule has 0 radical (unpaired) electrons. The van der Waals surface area contributed by atoms with E-state index in [0.29, 0.717) is 15.7 Å². The standard InChI is InChI=1S/C37H42BrNO6/c1-8-25(4)37(34(41)43-9-2,35(42)44-10-3)30(28-23-17-18-24-29(28)38)32(33(40)45-36(5,6)7)39-31(26-19-13-11-14-20-26)27-21-15-12-16-22-27/h8,11-25,30,32H,1,9-10H2,2-7H3. The van der Waals surface area contributed by atoms with Crippen molar-refractivity contribution in [1.82, 2.24) is 0 Å². The highest BCUT2D eigenvalue weighted by molar-refractivity contribution is 9.10. The molecule has 45 heavy (non-hydrogen) atoms. The molecule has 0 aliphatic carbocycles. The summed E-state index contributed by atoms with van der Waals surface area (Å²) in [6.45, 7) is 14.2. The van der Waals surface area contributed by atoms with Crippen LogP contribution in [0.25, 0.3) is 0 Å². The maximum atomic E-state index is 14.5. The van der Waals surface area contributed by atoms with Crippen LogP contribution in [0.5, 0.6) is 0 Å². The number of benzene rings is 3. The van der Waals surface area contributed by atoms with Gasteiger partial charge in [0, 0.05) is 27.4 Å². The second-order valence-corrected chi connectivity index (χ2v) is 12.4. The number of allylic oxidation sites excluding steroid dienone is 1. The van der Waals surface area contributed by atoms with Crippen molar-refractivity contribution in [2.45, 2.75) is 59.1 Å². The zero-order valence-corrected chi connectivity index (χ0v) is 28.4. The van der Waals surface area contributed by atoms with Gasteiger partial charge in [-0.25, -0.2) is 4.79 Å². The first kappa shape index (κ1) is 35.4. The summed E-state index contributed by atoms with van der Waals surface area (Å²) in [6.07, 6.45) is 1.50. The Kier molecular flexibility index (Phi) is 12.4. The van der Waals surface area contributed by atoms with E-state index < -0.39 is 46.8 Å². The van der Waals surface area contributed by atoms with E-state index in [4.69, 9.17) is 19.2 Å². The Hall–Kier alpha value is -4.04. The van der Waals surface area contributed by atoms with Gasteiger partial charge in [-0.2, -0.15) is 0 Å². The number of carbonyl (C=O) groups excluding carboxylic acids is 3. The van der Waals surface area contributed by atoms with Crippen LogP contribution in [-0.4, -0.2) is 48.5 Å². The Morgan fingerprint density at radius 3 is 1.71 bits per heavy atom. The number of hydrogen-bond donors (Lipinski definition) is 0. The molecule has 3 rings (SSSR count). The SMILES string of the molecule is C=CC(C)C(C(=O)OCC)(C(=O)OCC)C(c1ccccc1Br)C(N=C(c1ccccc1)c1ccccc1)C(=O)OC(C)(C)C. The molecule has 0 aromatic heterocycles. The number of nitrogens with zero attached hydrogens (tertiary/aromatic N) is 1. The van der Waals surface area contributed by atoms with Gasteiger partial charge < -0.3 is 14.2 Å². The van der Waals surface area contributed by atoms with Crippen LogP contribution in [0.15, 0.2) is 107 Å². The molecule has 0 heterocycles. The Morgan fingerprint density at radius 2 is 1.29 bits per heavy atom. The van der Waals surface area contributed by atoms with Crippen molar-refractivity contribution in [1.29, 1.82) is 0 Å². The van der Waals surface area contributed by atoms with Crippen LogP contribution >= 0.6 is 15.9 Å². The van der Waals surface area contributed by atoms with E-state index in [2.05, 4.69) is 22.5 Å². The van der Waals surface area contributed by atoms with Crippen molar-refractivity contribution in [2.75, 3.05) is 13.2 Å². The van der Waals surface area contributed by atoms with E-state index in [9.17, 15) is 14.4 Å². The first-order valence-electron chi connectivity index (χ1n) is 15.0. The van der Waals surface area contributed by atoms with Gasteiger partial charge in [0.25, 0.3) is 0 Å². The number of esters is 3. The first-order valence-corrected chi connectivity index (χ1v) is 15.8. The van der Waals surface area contributed by atoms with Gasteiger partial charge in [0.2, 0.25) is 0 Å². The zero-order valence-electron chi connectivity index (χ0n) is 26.8. The molecule has 0 fully saturated rings. The minimum absolute atomic E-state index is 0.00775. The molecule has 0 saturated carbocycles. The maximum absolute atomic E-state index is 14.5. The highest BCUT2D eigenvalue weighted by atomic mass is 79.9. The molecule has 0 amide bonds. The number of ether oxygens (including phenoxy) is 3. The number of aliphatic imine (C=N–C) groups is 1. The minimum Gasteiger partial charge on any atom is -0.465 e. The van der Waals surface area contributed by atoms with Crippen LogP contribution in [-0.2, 0) is 28.6 Å². The lowest BCUT2D eigenvalue weighted by atomic mass is 9.61. The predicted octanol–water partition coefficient (Wildman–Crippen LogP) is 7.72. The van der Waals surface area contributed by atoms with E-state index >= 15 is 0 Å². The molecule has 238 valence electrons. The van der Waals surface area contributed by atoms with Gasteiger partial charge in [0.05, 0.1) is 18.9 Å². The summed E-state index contributed by atoms with van der Waals surface area (Å²) in [4.78, 5) is 48.4. The van der Waals surface area contributed by atoms with E-state index in [1.54, 1.807) is 59.7 Å². The van der Waals surface area contributed by atoms with Crippen molar-refractivity contribution >= 4 is 39.5 Å². The average molecular weight is 677 g/mol. The zero-order chi connectivity index (χ0) is 33.2. The number of carbonyl (C=O) groups is 3. The highest BCUT2D eigenvalue weighted by Crippen LogP contribution is 2.50. The molecular formula is C37H42BrNO6. The van der Waals surface area contributed by atoms with Crippen LogP contribution in [0.1, 0.15) is 64.2 Å². The summed E-state index contributed by atoms with van der Waals surface area (Å²) in [5.41, 5.74) is -0.565. The first-order chi connectivity index (χ1) is 21.4. The molecule has 0 N–H and O–H groups in total. The smallest absolute Gasteiger partial charge is 0.332 e. The average Bonchev–Trinajstić information content (AvgIpc) is 3.01. The van der Waals surface area contributed by atoms with Crippen LogP contribution in [0.4, 0.5) is 0 Å². The topological polar surface area (TPSA) is 91.3 Å². The molecular weight excluding hydrogens is 634 g/mol. The third-order valence-corrected chi connectivity index (χ3v) is 8.08. The summed E-state index contributed by atoms with van der Waals surface area (Å²) in [7, 11) is 0. The van der Waals surface area contributed by atoms with Gasteiger partial charge in [0.1, 0.15) is 5.60 Å². The van der Waals surface area contributed by atoms with Crippen molar-refractivity contribution in [3.63, 3.8) is 0 Å². The number of halogens is 1. The molecule has 3 atom stereocenters. The van der Waals surface area contributed by atoms with Crippen molar-refractivity contribution < 1.29 is 28.6 Å². The highest BCUT2D eigenvalue weighted by Gasteiger charge is 2.62. The van der Waals surface area contributed by atoms with Crippen LogP contribution < -0.4 is 0 Å². The minimum atomic E-state index is -2.08. The predicted molar refractivity (Wildman–Crippen MR) is 180 cm³/mol. The Morgan fingerprint density at radius 1 is 0.822 bits per heavy atom. The van der Waals surface area contributed by atoms with Crippen LogP contribution in [0.3, 0.4) is 0 Å². The van der Waals surface area contributed by atoms with Crippen molar-refractivity contribution in [3.8, 4) is 0 Å². The summed E-state index contributed by atoms with van der Waals surface area (Å²) in [6, 6.07) is 24.6. The molecule has 0 saturated heterocycles. The molecule has 8 heteroatoms. The number of rotatable bonds is 13. The van der Waals surface area contributed by atoms with E-state index in [1.807, 2.05) is 66.7 Å². The molecule has 0 spiro atoms. The van der Waals surface area contributed by atoms with E-state index in [1.165, 1.54) is 6.08 Å². The fraction of sp³-hybridized carbons (Fsp3) is 0.351. The van der Waals surface area contributed by atoms with E-state index in [0.717, 1.165) is 11.1 Å². The molecule has 7 nitrogen and oxygen atoms in total. The van der Waals surface area contributed by atoms with Gasteiger partial charge >= 0.3 is 17.9 Å². The fourth-order valence-electron chi connectivity index (χ4n) is 5.34. The Labute approximate surface area is 274 Å². The van der Waals surface area contributed by atoms with Gasteiger partial charge in [0.15, 0.2) is 11.5 Å². The van der Waals surface area contributed by atoms with Gasteiger partial charge in [-0.15, -0.1) is 6.58 Å². The lowest BCUT2D eigenvalue weighted by Crippen LogP contribution is -2.55. The number of hydrogen-bond acceptors (Lipinski definition) is 7. The Bertz CT molecular complexity index is 1440. The molecule has 3 unspecified atom stereocenters. The lowest BCUT2D eigenvalue weighted by molar-refractivity contribution is -0.179. The summed E-state index contributed by atoms with van der Waals surface area (Å²) in [5.74, 6) is -4.52. The van der Waals surface area contributed by atoms with Crippen molar-refractivity contribution in [3.05, 3.63) is 119 Å². The monoisotopic (exact) mass is 675 g/mol. The largest absolute Gasteiger partial charge is 0.465 e. The third-order valence-electron chi connectivity index (χ3n) is 7.36. The normalized spacial score (nSPS) is 13.5. The Balaban J connectivity index is 2.59. The maximum Gasteiger partial charge on any atom is 0.332 e. The summed E-state index contributed by atoms with van der Waals surface area (Å²) >= 11 is 3.64. The lowest BCUT2D eigenvalue weighted by Gasteiger charge is -2.42. The molecule has 3 aromatic carbocycles. The van der Waals surface area contributed by atoms with Gasteiger partial charge in [-0.3, -0.25) is 14.6 Å². The van der Waals surface area contributed by atoms with Crippen LogP contribution in [0, 0.1) is 11.3 Å².